The van der Waals surface area contributed by atoms with Crippen LogP contribution in [-0.4, -0.2) is 55.4 Å². The summed E-state index contributed by atoms with van der Waals surface area (Å²) in [5.74, 6) is -0.0384. The van der Waals surface area contributed by atoms with Gasteiger partial charge in [-0.1, -0.05) is 0 Å². The maximum atomic E-state index is 12.1. The van der Waals surface area contributed by atoms with Crippen molar-refractivity contribution in [1.82, 2.24) is 9.88 Å². The van der Waals surface area contributed by atoms with Gasteiger partial charge in [0, 0.05) is 29.7 Å². The van der Waals surface area contributed by atoms with E-state index in [4.69, 9.17) is 14.2 Å². The van der Waals surface area contributed by atoms with Crippen molar-refractivity contribution in [2.24, 2.45) is 0 Å². The number of aryl methyl sites for hydroxylation is 1. The van der Waals surface area contributed by atoms with E-state index in [1.54, 1.807) is 30.0 Å². The number of hydrogen-bond acceptors (Lipinski definition) is 5. The Balaban J connectivity index is 1.87. The lowest BCUT2D eigenvalue weighted by atomic mass is 10.1. The minimum atomic E-state index is -0.426. The van der Waals surface area contributed by atoms with E-state index in [9.17, 15) is 9.59 Å². The monoisotopic (exact) mass is 318 g/mol. The molecule has 3 rings (SSSR count). The molecule has 0 saturated carbocycles. The summed E-state index contributed by atoms with van der Waals surface area (Å²) in [6, 6.07) is 5.14. The summed E-state index contributed by atoms with van der Waals surface area (Å²) in [6.45, 7) is 3.84. The first-order valence-corrected chi connectivity index (χ1v) is 7.35. The Morgan fingerprint density at radius 3 is 2.70 bits per heavy atom. The van der Waals surface area contributed by atoms with Gasteiger partial charge < -0.3 is 24.1 Å². The molecule has 1 aromatic heterocycles. The van der Waals surface area contributed by atoms with Gasteiger partial charge in [0.25, 0.3) is 0 Å². The number of H-pyrrole nitrogens is 1. The number of aromatic amines is 1. The quantitative estimate of drug-likeness (QED) is 0.858. The summed E-state index contributed by atoms with van der Waals surface area (Å²) in [4.78, 5) is 28.8. The summed E-state index contributed by atoms with van der Waals surface area (Å²) in [5, 5.41) is 0.668. The number of hydrogen-bond donors (Lipinski definition) is 1. The smallest absolute Gasteiger partial charge is 0.415 e. The summed E-state index contributed by atoms with van der Waals surface area (Å²) in [5.41, 5.74) is 1.95. The van der Waals surface area contributed by atoms with Crippen LogP contribution in [0.2, 0.25) is 0 Å². The van der Waals surface area contributed by atoms with Gasteiger partial charge in [0.15, 0.2) is 0 Å². The van der Waals surface area contributed by atoms with Crippen molar-refractivity contribution in [2.45, 2.75) is 6.92 Å². The average molecular weight is 318 g/mol. The SMILES string of the molecule is COC(=O)c1c(C)[nH]c2ccc(OC(=O)N3CCOCC3)cc12. The molecule has 122 valence electrons. The number of esters is 1. The normalized spacial score (nSPS) is 14.8. The van der Waals surface area contributed by atoms with Gasteiger partial charge in [-0.25, -0.2) is 9.59 Å². The van der Waals surface area contributed by atoms with E-state index in [0.29, 0.717) is 48.7 Å². The highest BCUT2D eigenvalue weighted by molar-refractivity contribution is 6.06. The van der Waals surface area contributed by atoms with E-state index >= 15 is 0 Å². The van der Waals surface area contributed by atoms with E-state index in [2.05, 4.69) is 4.98 Å². The molecule has 23 heavy (non-hydrogen) atoms. The first kappa shape index (κ1) is 15.4. The number of benzene rings is 1. The Labute approximate surface area is 133 Å². The maximum Gasteiger partial charge on any atom is 0.415 e. The van der Waals surface area contributed by atoms with Crippen molar-refractivity contribution in [3.8, 4) is 5.75 Å². The standard InChI is InChI=1S/C16H18N2O5/c1-10-14(15(19)21-2)12-9-11(3-4-13(12)17-10)23-16(20)18-5-7-22-8-6-18/h3-4,9,17H,5-8H2,1-2H3. The molecule has 2 heterocycles. The summed E-state index contributed by atoms with van der Waals surface area (Å²) in [7, 11) is 1.34. The molecule has 7 heteroatoms. The average Bonchev–Trinajstić information content (AvgIpc) is 2.90. The molecule has 1 amide bonds. The Kier molecular flexibility index (Phi) is 4.20. The van der Waals surface area contributed by atoms with Gasteiger partial charge in [-0.3, -0.25) is 0 Å². The van der Waals surface area contributed by atoms with E-state index in [1.807, 2.05) is 0 Å². The fourth-order valence-electron chi connectivity index (χ4n) is 2.65. The molecule has 0 atom stereocenters. The van der Waals surface area contributed by atoms with Crippen molar-refractivity contribution < 1.29 is 23.8 Å². The second-order valence-corrected chi connectivity index (χ2v) is 5.29. The molecule has 1 aromatic carbocycles. The van der Waals surface area contributed by atoms with Crippen LogP contribution in [0.15, 0.2) is 18.2 Å². The van der Waals surface area contributed by atoms with Crippen LogP contribution in [0.25, 0.3) is 10.9 Å². The summed E-state index contributed by atoms with van der Waals surface area (Å²) < 4.78 is 15.4. The number of carbonyl (C=O) groups is 2. The molecule has 0 spiro atoms. The molecular weight excluding hydrogens is 300 g/mol. The second-order valence-electron chi connectivity index (χ2n) is 5.29. The largest absolute Gasteiger partial charge is 0.465 e. The van der Waals surface area contributed by atoms with E-state index in [0.717, 1.165) is 5.52 Å². The van der Waals surface area contributed by atoms with Crippen LogP contribution in [0.3, 0.4) is 0 Å². The van der Waals surface area contributed by atoms with Gasteiger partial charge in [0.1, 0.15) is 5.75 Å². The molecule has 0 bridgehead atoms. The highest BCUT2D eigenvalue weighted by Crippen LogP contribution is 2.27. The number of methoxy groups -OCH3 is 1. The van der Waals surface area contributed by atoms with Crippen LogP contribution in [0.1, 0.15) is 16.1 Å². The molecule has 7 nitrogen and oxygen atoms in total. The van der Waals surface area contributed by atoms with Crippen LogP contribution in [-0.2, 0) is 9.47 Å². The fraction of sp³-hybridized carbons (Fsp3) is 0.375. The van der Waals surface area contributed by atoms with Crippen LogP contribution >= 0.6 is 0 Å². The highest BCUT2D eigenvalue weighted by Gasteiger charge is 2.20. The summed E-state index contributed by atoms with van der Waals surface area (Å²) >= 11 is 0. The molecule has 2 aromatic rings. The first-order valence-electron chi connectivity index (χ1n) is 7.35. The van der Waals surface area contributed by atoms with Gasteiger partial charge in [0.05, 0.1) is 25.9 Å². The number of ether oxygens (including phenoxy) is 3. The van der Waals surface area contributed by atoms with Crippen molar-refractivity contribution in [2.75, 3.05) is 33.4 Å². The van der Waals surface area contributed by atoms with Crippen molar-refractivity contribution in [3.05, 3.63) is 29.5 Å². The molecule has 1 saturated heterocycles. The van der Waals surface area contributed by atoms with E-state index in [-0.39, 0.29) is 0 Å². The zero-order valence-electron chi connectivity index (χ0n) is 13.0. The lowest BCUT2D eigenvalue weighted by molar-refractivity contribution is 0.0416. The molecular formula is C16H18N2O5. The van der Waals surface area contributed by atoms with Crippen molar-refractivity contribution in [1.29, 1.82) is 0 Å². The van der Waals surface area contributed by atoms with Crippen LogP contribution < -0.4 is 4.74 Å². The molecule has 1 fully saturated rings. The molecule has 1 aliphatic rings. The molecule has 1 aliphatic heterocycles. The Hall–Kier alpha value is -2.54. The minimum absolute atomic E-state index is 0.387. The van der Waals surface area contributed by atoms with E-state index in [1.165, 1.54) is 7.11 Å². The number of morpholine rings is 1. The predicted octanol–water partition coefficient (Wildman–Crippen LogP) is 2.09. The molecule has 0 radical (unpaired) electrons. The zero-order chi connectivity index (χ0) is 16.4. The Morgan fingerprint density at radius 2 is 2.00 bits per heavy atom. The maximum absolute atomic E-state index is 12.1. The number of amides is 1. The molecule has 0 aliphatic carbocycles. The molecule has 1 N–H and O–H groups in total. The van der Waals surface area contributed by atoms with Gasteiger partial charge >= 0.3 is 12.1 Å². The third kappa shape index (κ3) is 3.00. The fourth-order valence-corrected chi connectivity index (χ4v) is 2.65. The number of fused-ring (bicyclic) bond motifs is 1. The van der Waals surface area contributed by atoms with Gasteiger partial charge in [-0.05, 0) is 25.1 Å². The van der Waals surface area contributed by atoms with Crippen LogP contribution in [0, 0.1) is 6.92 Å². The Bertz CT molecular complexity index is 746. The third-order valence-corrected chi connectivity index (χ3v) is 3.82. The second kappa shape index (κ2) is 6.29. The summed E-state index contributed by atoms with van der Waals surface area (Å²) in [6.07, 6.45) is -0.417. The third-order valence-electron chi connectivity index (χ3n) is 3.82. The number of nitrogens with zero attached hydrogens (tertiary/aromatic N) is 1. The number of aromatic nitrogens is 1. The Morgan fingerprint density at radius 1 is 1.26 bits per heavy atom. The van der Waals surface area contributed by atoms with Crippen molar-refractivity contribution >= 4 is 23.0 Å². The van der Waals surface area contributed by atoms with E-state index < -0.39 is 12.1 Å². The van der Waals surface area contributed by atoms with Gasteiger partial charge in [-0.2, -0.15) is 0 Å². The lowest BCUT2D eigenvalue weighted by Gasteiger charge is -2.25. The number of rotatable bonds is 2. The van der Waals surface area contributed by atoms with Gasteiger partial charge in [-0.15, -0.1) is 0 Å². The van der Waals surface area contributed by atoms with Crippen molar-refractivity contribution in [3.63, 3.8) is 0 Å². The van der Waals surface area contributed by atoms with Crippen LogP contribution in [0.4, 0.5) is 4.79 Å². The number of carbonyl (C=O) groups excluding carboxylic acids is 2. The van der Waals surface area contributed by atoms with Gasteiger partial charge in [0.2, 0.25) is 0 Å². The minimum Gasteiger partial charge on any atom is -0.465 e. The first-order chi connectivity index (χ1) is 11.1. The topological polar surface area (TPSA) is 80.9 Å². The van der Waals surface area contributed by atoms with Crippen LogP contribution in [0.5, 0.6) is 5.75 Å². The number of nitrogens with one attached hydrogen (secondary N) is 1. The molecule has 0 unspecified atom stereocenters. The lowest BCUT2D eigenvalue weighted by Crippen LogP contribution is -2.42. The predicted molar refractivity (Wildman–Crippen MR) is 82.8 cm³/mol. The zero-order valence-corrected chi connectivity index (χ0v) is 13.0. The highest BCUT2D eigenvalue weighted by atomic mass is 16.6.